The smallest absolute Gasteiger partial charge is 0.419 e. The van der Waals surface area contributed by atoms with Crippen LogP contribution in [0, 0.1) is 6.92 Å². The van der Waals surface area contributed by atoms with Crippen molar-refractivity contribution >= 4 is 21.9 Å². The molecule has 0 N–H and O–H groups in total. The van der Waals surface area contributed by atoms with Crippen molar-refractivity contribution in [2.45, 2.75) is 13.1 Å². The van der Waals surface area contributed by atoms with Crippen molar-refractivity contribution in [3.05, 3.63) is 51.6 Å². The van der Waals surface area contributed by atoms with Gasteiger partial charge in [-0.2, -0.15) is 13.2 Å². The number of esters is 1. The predicted molar refractivity (Wildman–Crippen MR) is 79.5 cm³/mol. The van der Waals surface area contributed by atoms with Crippen LogP contribution in [0.2, 0.25) is 0 Å². The predicted octanol–water partition coefficient (Wildman–Crippen LogP) is 4.75. The Bertz CT molecular complexity index is 747. The number of aromatic nitrogens is 1. The molecule has 1 heterocycles. The maximum atomic E-state index is 13.1. The van der Waals surface area contributed by atoms with Gasteiger partial charge in [-0.05, 0) is 40.5 Å². The number of methoxy groups -OCH3 is 1. The van der Waals surface area contributed by atoms with Gasteiger partial charge in [0.15, 0.2) is 0 Å². The van der Waals surface area contributed by atoms with Crippen molar-refractivity contribution in [1.29, 1.82) is 0 Å². The van der Waals surface area contributed by atoms with Crippen LogP contribution in [-0.4, -0.2) is 18.1 Å². The highest BCUT2D eigenvalue weighted by molar-refractivity contribution is 9.10. The van der Waals surface area contributed by atoms with Crippen LogP contribution < -0.4 is 4.74 Å². The third-order valence-electron chi connectivity index (χ3n) is 2.94. The van der Waals surface area contributed by atoms with E-state index in [4.69, 9.17) is 4.74 Å². The van der Waals surface area contributed by atoms with E-state index in [1.165, 1.54) is 32.2 Å². The van der Waals surface area contributed by atoms with E-state index in [-0.39, 0.29) is 21.7 Å². The Morgan fingerprint density at radius 3 is 2.57 bits per heavy atom. The monoisotopic (exact) mass is 389 g/mol. The van der Waals surface area contributed by atoms with Gasteiger partial charge >= 0.3 is 12.1 Å². The van der Waals surface area contributed by atoms with Gasteiger partial charge in [0, 0.05) is 6.20 Å². The number of alkyl halides is 3. The van der Waals surface area contributed by atoms with E-state index in [9.17, 15) is 18.0 Å². The molecule has 4 nitrogen and oxygen atoms in total. The number of pyridine rings is 1. The maximum absolute atomic E-state index is 13.1. The highest BCUT2D eigenvalue weighted by Crippen LogP contribution is 2.40. The standard InChI is InChI=1S/C15H11BrF3NO3/c1-8-4-3-5-10(15(17,18)19)12(8)23-13-11(16)6-9(7-20-13)14(21)22-2/h3-7H,1-2H3. The fourth-order valence-corrected chi connectivity index (χ4v) is 2.27. The van der Waals surface area contributed by atoms with Crippen molar-refractivity contribution in [2.24, 2.45) is 0 Å². The second-order valence-corrected chi connectivity index (χ2v) is 5.41. The lowest BCUT2D eigenvalue weighted by molar-refractivity contribution is -0.138. The number of ether oxygens (including phenoxy) is 2. The molecule has 0 spiro atoms. The molecule has 0 saturated carbocycles. The number of benzene rings is 1. The fourth-order valence-electron chi connectivity index (χ4n) is 1.84. The molecule has 0 bridgehead atoms. The first-order valence-electron chi connectivity index (χ1n) is 6.32. The van der Waals surface area contributed by atoms with E-state index >= 15 is 0 Å². The number of carbonyl (C=O) groups is 1. The molecule has 0 radical (unpaired) electrons. The number of rotatable bonds is 3. The Hall–Kier alpha value is -2.09. The summed E-state index contributed by atoms with van der Waals surface area (Å²) in [6.07, 6.45) is -3.39. The summed E-state index contributed by atoms with van der Waals surface area (Å²) in [6.45, 7) is 1.50. The summed E-state index contributed by atoms with van der Waals surface area (Å²) < 4.78 is 49.3. The highest BCUT2D eigenvalue weighted by Gasteiger charge is 2.35. The van der Waals surface area contributed by atoms with Crippen LogP contribution in [0.15, 0.2) is 34.9 Å². The second kappa shape index (κ2) is 6.57. The largest absolute Gasteiger partial charge is 0.465 e. The van der Waals surface area contributed by atoms with Gasteiger partial charge in [0.05, 0.1) is 22.7 Å². The molecule has 0 unspecified atom stereocenters. The quantitative estimate of drug-likeness (QED) is 0.710. The Balaban J connectivity index is 2.43. The maximum Gasteiger partial charge on any atom is 0.419 e. The van der Waals surface area contributed by atoms with Crippen molar-refractivity contribution in [2.75, 3.05) is 7.11 Å². The van der Waals surface area contributed by atoms with E-state index in [0.717, 1.165) is 12.3 Å². The van der Waals surface area contributed by atoms with Crippen molar-refractivity contribution in [3.8, 4) is 11.6 Å². The molecular formula is C15H11BrF3NO3. The SMILES string of the molecule is COC(=O)c1cnc(Oc2c(C)cccc2C(F)(F)F)c(Br)c1. The summed E-state index contributed by atoms with van der Waals surface area (Å²) in [5, 5.41) is 0. The number of nitrogens with zero attached hydrogens (tertiary/aromatic N) is 1. The summed E-state index contributed by atoms with van der Waals surface area (Å²) in [5.41, 5.74) is -0.443. The van der Waals surface area contributed by atoms with Crippen LogP contribution in [0.5, 0.6) is 11.6 Å². The van der Waals surface area contributed by atoms with E-state index in [1.54, 1.807) is 0 Å². The van der Waals surface area contributed by atoms with Gasteiger partial charge in [-0.1, -0.05) is 12.1 Å². The summed E-state index contributed by atoms with van der Waals surface area (Å²) >= 11 is 3.13. The number of hydrogen-bond acceptors (Lipinski definition) is 4. The molecule has 0 aliphatic carbocycles. The second-order valence-electron chi connectivity index (χ2n) is 4.55. The molecule has 0 aliphatic heterocycles. The molecule has 8 heteroatoms. The number of halogens is 4. The van der Waals surface area contributed by atoms with Crippen molar-refractivity contribution in [1.82, 2.24) is 4.98 Å². The van der Waals surface area contributed by atoms with Crippen LogP contribution in [0.25, 0.3) is 0 Å². The summed E-state index contributed by atoms with van der Waals surface area (Å²) in [7, 11) is 1.21. The van der Waals surface area contributed by atoms with Gasteiger partial charge in [0.25, 0.3) is 0 Å². The number of para-hydroxylation sites is 1. The highest BCUT2D eigenvalue weighted by atomic mass is 79.9. The molecule has 2 rings (SSSR count). The first-order chi connectivity index (χ1) is 10.7. The van der Waals surface area contributed by atoms with Crippen LogP contribution >= 0.6 is 15.9 Å². The zero-order chi connectivity index (χ0) is 17.2. The minimum atomic E-state index is -4.56. The van der Waals surface area contributed by atoms with E-state index in [2.05, 4.69) is 25.7 Å². The van der Waals surface area contributed by atoms with E-state index in [1.807, 2.05) is 0 Å². The van der Waals surface area contributed by atoms with Gasteiger partial charge in [-0.15, -0.1) is 0 Å². The van der Waals surface area contributed by atoms with Gasteiger partial charge < -0.3 is 9.47 Å². The average Bonchev–Trinajstić information content (AvgIpc) is 2.49. The molecule has 1 aromatic heterocycles. The molecule has 2 aromatic rings. The summed E-state index contributed by atoms with van der Waals surface area (Å²) in [6, 6.07) is 5.09. The Morgan fingerprint density at radius 1 is 1.30 bits per heavy atom. The number of carbonyl (C=O) groups excluding carboxylic acids is 1. The molecule has 0 amide bonds. The molecule has 0 fully saturated rings. The van der Waals surface area contributed by atoms with Gasteiger partial charge in [-0.25, -0.2) is 9.78 Å². The summed E-state index contributed by atoms with van der Waals surface area (Å²) in [4.78, 5) is 15.3. The molecule has 1 aromatic carbocycles. The van der Waals surface area contributed by atoms with Gasteiger partial charge in [0.1, 0.15) is 5.75 Å². The lowest BCUT2D eigenvalue weighted by atomic mass is 10.1. The number of hydrogen-bond donors (Lipinski definition) is 0. The fraction of sp³-hybridized carbons (Fsp3) is 0.200. The topological polar surface area (TPSA) is 48.4 Å². The summed E-state index contributed by atoms with van der Waals surface area (Å²) in [5.74, 6) is -1.03. The minimum Gasteiger partial charge on any atom is -0.465 e. The third-order valence-corrected chi connectivity index (χ3v) is 3.51. The first kappa shape index (κ1) is 17.3. The number of aryl methyl sites for hydroxylation is 1. The van der Waals surface area contributed by atoms with Crippen LogP contribution in [-0.2, 0) is 10.9 Å². The average molecular weight is 390 g/mol. The lowest BCUT2D eigenvalue weighted by Crippen LogP contribution is -2.09. The van der Waals surface area contributed by atoms with Crippen molar-refractivity contribution < 1.29 is 27.4 Å². The molecule has 0 saturated heterocycles. The van der Waals surface area contributed by atoms with Crippen LogP contribution in [0.4, 0.5) is 13.2 Å². The van der Waals surface area contributed by atoms with Gasteiger partial charge in [0.2, 0.25) is 5.88 Å². The molecule has 122 valence electrons. The third kappa shape index (κ3) is 3.82. The molecule has 0 aliphatic rings. The van der Waals surface area contributed by atoms with Crippen molar-refractivity contribution in [3.63, 3.8) is 0 Å². The molecule has 0 atom stereocenters. The van der Waals surface area contributed by atoms with Crippen LogP contribution in [0.3, 0.4) is 0 Å². The minimum absolute atomic E-state index is 0.0857. The Kier molecular flexibility index (Phi) is 4.93. The molecule has 23 heavy (non-hydrogen) atoms. The lowest BCUT2D eigenvalue weighted by Gasteiger charge is -2.16. The Labute approximate surface area is 138 Å². The normalized spacial score (nSPS) is 11.2. The Morgan fingerprint density at radius 2 is 2.00 bits per heavy atom. The zero-order valence-corrected chi connectivity index (χ0v) is 13.7. The molecular weight excluding hydrogens is 379 g/mol. The first-order valence-corrected chi connectivity index (χ1v) is 7.12. The zero-order valence-electron chi connectivity index (χ0n) is 12.1. The van der Waals surface area contributed by atoms with E-state index < -0.39 is 17.7 Å². The van der Waals surface area contributed by atoms with Gasteiger partial charge in [-0.3, -0.25) is 0 Å². The van der Waals surface area contributed by atoms with Crippen LogP contribution in [0.1, 0.15) is 21.5 Å². The van der Waals surface area contributed by atoms with E-state index in [0.29, 0.717) is 5.56 Å².